The minimum atomic E-state index is -1.01. The summed E-state index contributed by atoms with van der Waals surface area (Å²) in [6.07, 6.45) is 0. The van der Waals surface area contributed by atoms with Gasteiger partial charge in [0.05, 0.1) is 5.52 Å². The highest BCUT2D eigenvalue weighted by Gasteiger charge is 2.16. The molecule has 4 nitrogen and oxygen atoms in total. The third-order valence-corrected chi connectivity index (χ3v) is 2.95. The number of rotatable bonds is 2. The highest BCUT2D eigenvalue weighted by molar-refractivity contribution is 9.10. The van der Waals surface area contributed by atoms with Crippen molar-refractivity contribution in [3.05, 3.63) is 27.9 Å². The van der Waals surface area contributed by atoms with Gasteiger partial charge in [0.2, 0.25) is 0 Å². The van der Waals surface area contributed by atoms with Gasteiger partial charge in [0, 0.05) is 9.86 Å². The molecule has 0 aliphatic heterocycles. The lowest BCUT2D eigenvalue weighted by Crippen LogP contribution is -1.97. The lowest BCUT2D eigenvalue weighted by Gasteiger charge is -2.07. The molecule has 1 heterocycles. The van der Waals surface area contributed by atoms with Crippen LogP contribution in [-0.2, 0) is 0 Å². The lowest BCUT2D eigenvalue weighted by atomic mass is 10.00. The van der Waals surface area contributed by atoms with E-state index in [1.165, 1.54) is 0 Å². The molecule has 1 aromatic heterocycles. The number of carboxylic acid groups (broad SMARTS) is 1. The van der Waals surface area contributed by atoms with Gasteiger partial charge in [-0.05, 0) is 23.6 Å². The number of H-pyrrole nitrogens is 1. The Kier molecular flexibility index (Phi) is 2.71. The van der Waals surface area contributed by atoms with Crippen LogP contribution in [-0.4, -0.2) is 21.3 Å². The Morgan fingerprint density at radius 2 is 2.19 bits per heavy atom. The summed E-state index contributed by atoms with van der Waals surface area (Å²) in [5.41, 5.74) is 1.93. The van der Waals surface area contributed by atoms with Crippen molar-refractivity contribution >= 4 is 32.8 Å². The summed E-state index contributed by atoms with van der Waals surface area (Å²) in [6.45, 7) is 4.12. The first kappa shape index (κ1) is 11.1. The second-order valence-electron chi connectivity index (χ2n) is 3.95. The average molecular weight is 283 g/mol. The second kappa shape index (κ2) is 3.90. The number of carboxylic acids is 1. The fraction of sp³-hybridized carbons (Fsp3) is 0.273. The predicted octanol–water partition coefficient (Wildman–Crippen LogP) is 3.15. The number of benzene rings is 1. The first-order valence-corrected chi connectivity index (χ1v) is 5.71. The monoisotopic (exact) mass is 282 g/mol. The number of aromatic amines is 1. The fourth-order valence-corrected chi connectivity index (χ4v) is 2.21. The van der Waals surface area contributed by atoms with Crippen molar-refractivity contribution in [3.8, 4) is 0 Å². The number of nitrogens with zero attached hydrogens (tertiary/aromatic N) is 1. The van der Waals surface area contributed by atoms with Crippen molar-refractivity contribution in [3.63, 3.8) is 0 Å². The van der Waals surface area contributed by atoms with Crippen molar-refractivity contribution in [2.45, 2.75) is 19.8 Å². The van der Waals surface area contributed by atoms with E-state index in [0.29, 0.717) is 11.3 Å². The van der Waals surface area contributed by atoms with Crippen molar-refractivity contribution < 1.29 is 9.90 Å². The summed E-state index contributed by atoms with van der Waals surface area (Å²) in [4.78, 5) is 11.0. The maximum atomic E-state index is 11.0. The topological polar surface area (TPSA) is 66.0 Å². The zero-order valence-corrected chi connectivity index (χ0v) is 10.5. The third kappa shape index (κ3) is 1.71. The van der Waals surface area contributed by atoms with Gasteiger partial charge in [0.15, 0.2) is 5.69 Å². The highest BCUT2D eigenvalue weighted by Crippen LogP contribution is 2.29. The van der Waals surface area contributed by atoms with E-state index < -0.39 is 5.97 Å². The molecule has 0 bridgehead atoms. The molecule has 0 unspecified atom stereocenters. The SMILES string of the molecule is CC(C)c1cc(Br)cc2c(C(=O)O)n[nH]c12. The summed E-state index contributed by atoms with van der Waals surface area (Å²) in [7, 11) is 0. The normalized spacial score (nSPS) is 11.2. The van der Waals surface area contributed by atoms with E-state index in [9.17, 15) is 4.79 Å². The number of fused-ring (bicyclic) bond motifs is 1. The number of halogens is 1. The van der Waals surface area contributed by atoms with Crippen LogP contribution in [0.1, 0.15) is 35.8 Å². The van der Waals surface area contributed by atoms with Crippen LogP contribution in [0.3, 0.4) is 0 Å². The molecule has 0 aliphatic carbocycles. The minimum absolute atomic E-state index is 0.0678. The van der Waals surface area contributed by atoms with E-state index in [1.54, 1.807) is 6.07 Å². The standard InChI is InChI=1S/C11H11BrN2O2/c1-5(2)7-3-6(12)4-8-9(7)13-14-10(8)11(15)16/h3-5H,1-2H3,(H,13,14)(H,15,16). The van der Waals surface area contributed by atoms with Crippen LogP contribution in [0.4, 0.5) is 0 Å². The Balaban J connectivity index is 2.80. The van der Waals surface area contributed by atoms with Gasteiger partial charge in [-0.25, -0.2) is 4.79 Å². The number of aromatic carboxylic acids is 1. The number of nitrogens with one attached hydrogen (secondary N) is 1. The molecule has 16 heavy (non-hydrogen) atoms. The summed E-state index contributed by atoms with van der Waals surface area (Å²) in [5.74, 6) is -0.707. The van der Waals surface area contributed by atoms with Gasteiger partial charge in [-0.2, -0.15) is 5.10 Å². The van der Waals surface area contributed by atoms with Gasteiger partial charge in [0.25, 0.3) is 0 Å². The molecule has 5 heteroatoms. The van der Waals surface area contributed by atoms with Crippen LogP contribution < -0.4 is 0 Å². The van der Waals surface area contributed by atoms with Crippen LogP contribution in [0, 0.1) is 0 Å². The molecule has 2 aromatic rings. The van der Waals surface area contributed by atoms with E-state index in [1.807, 2.05) is 6.07 Å². The zero-order valence-electron chi connectivity index (χ0n) is 8.91. The molecule has 2 rings (SSSR count). The molecule has 0 saturated carbocycles. The summed E-state index contributed by atoms with van der Waals surface area (Å²) in [5, 5.41) is 16.3. The fourth-order valence-electron chi connectivity index (χ4n) is 1.73. The first-order chi connectivity index (χ1) is 7.50. The third-order valence-electron chi connectivity index (χ3n) is 2.49. The molecule has 0 atom stereocenters. The van der Waals surface area contributed by atoms with Crippen LogP contribution in [0.2, 0.25) is 0 Å². The predicted molar refractivity (Wildman–Crippen MR) is 64.8 cm³/mol. The molecule has 84 valence electrons. The number of aromatic nitrogens is 2. The van der Waals surface area contributed by atoms with Crippen molar-refractivity contribution in [2.24, 2.45) is 0 Å². The molecule has 0 fully saturated rings. The van der Waals surface area contributed by atoms with Gasteiger partial charge in [0.1, 0.15) is 0 Å². The molecular formula is C11H11BrN2O2. The molecule has 2 N–H and O–H groups in total. The maximum absolute atomic E-state index is 11.0. The van der Waals surface area contributed by atoms with E-state index >= 15 is 0 Å². The van der Waals surface area contributed by atoms with Crippen molar-refractivity contribution in [1.29, 1.82) is 0 Å². The zero-order chi connectivity index (χ0) is 11.9. The summed E-state index contributed by atoms with van der Waals surface area (Å²) >= 11 is 3.38. The quantitative estimate of drug-likeness (QED) is 0.889. The van der Waals surface area contributed by atoms with Gasteiger partial charge in [-0.3, -0.25) is 5.10 Å². The van der Waals surface area contributed by atoms with Crippen LogP contribution in [0.5, 0.6) is 0 Å². The summed E-state index contributed by atoms with van der Waals surface area (Å²) < 4.78 is 0.868. The van der Waals surface area contributed by atoms with Gasteiger partial charge in [-0.1, -0.05) is 29.8 Å². The molecular weight excluding hydrogens is 272 g/mol. The van der Waals surface area contributed by atoms with Crippen LogP contribution in [0.15, 0.2) is 16.6 Å². The van der Waals surface area contributed by atoms with Gasteiger partial charge < -0.3 is 5.11 Å². The summed E-state index contributed by atoms with van der Waals surface area (Å²) in [6, 6.07) is 3.75. The van der Waals surface area contributed by atoms with Crippen molar-refractivity contribution in [1.82, 2.24) is 10.2 Å². The Morgan fingerprint density at radius 1 is 1.50 bits per heavy atom. The smallest absolute Gasteiger partial charge is 0.357 e. The van der Waals surface area contributed by atoms with E-state index in [2.05, 4.69) is 40.0 Å². The molecule has 0 spiro atoms. The maximum Gasteiger partial charge on any atom is 0.357 e. The highest BCUT2D eigenvalue weighted by atomic mass is 79.9. The van der Waals surface area contributed by atoms with Crippen LogP contribution >= 0.6 is 15.9 Å². The second-order valence-corrected chi connectivity index (χ2v) is 4.87. The average Bonchev–Trinajstić information content (AvgIpc) is 2.59. The first-order valence-electron chi connectivity index (χ1n) is 4.91. The molecule has 0 aliphatic rings. The van der Waals surface area contributed by atoms with Gasteiger partial charge >= 0.3 is 5.97 Å². The van der Waals surface area contributed by atoms with E-state index in [4.69, 9.17) is 5.11 Å². The Labute approximate surface area is 101 Å². The van der Waals surface area contributed by atoms with Crippen molar-refractivity contribution in [2.75, 3.05) is 0 Å². The molecule has 0 saturated heterocycles. The number of hydrogen-bond donors (Lipinski definition) is 2. The number of hydrogen-bond acceptors (Lipinski definition) is 2. The Bertz CT molecular complexity index is 560. The Hall–Kier alpha value is -1.36. The number of carbonyl (C=O) groups is 1. The van der Waals surface area contributed by atoms with E-state index in [0.717, 1.165) is 15.6 Å². The largest absolute Gasteiger partial charge is 0.476 e. The van der Waals surface area contributed by atoms with Gasteiger partial charge in [-0.15, -0.1) is 0 Å². The Morgan fingerprint density at radius 3 is 2.75 bits per heavy atom. The molecule has 0 radical (unpaired) electrons. The molecule has 1 aromatic carbocycles. The lowest BCUT2D eigenvalue weighted by molar-refractivity contribution is 0.0692. The molecule has 0 amide bonds. The van der Waals surface area contributed by atoms with E-state index in [-0.39, 0.29) is 5.69 Å². The van der Waals surface area contributed by atoms with Crippen LogP contribution in [0.25, 0.3) is 10.9 Å². The minimum Gasteiger partial charge on any atom is -0.476 e.